The third kappa shape index (κ3) is 2.92. The Morgan fingerprint density at radius 2 is 1.83 bits per heavy atom. The van der Waals surface area contributed by atoms with E-state index in [1.165, 1.54) is 12.1 Å². The summed E-state index contributed by atoms with van der Waals surface area (Å²) < 4.78 is 13.5. The van der Waals surface area contributed by atoms with Crippen LogP contribution in [0, 0.1) is 11.7 Å². The summed E-state index contributed by atoms with van der Waals surface area (Å²) in [6.07, 6.45) is 5.22. The van der Waals surface area contributed by atoms with E-state index < -0.39 is 5.41 Å². The number of nitrogens with zero attached hydrogens (tertiary/aromatic N) is 1. The number of halogens is 1. The zero-order chi connectivity index (χ0) is 16.7. The third-order valence-corrected chi connectivity index (χ3v) is 5.61. The zero-order valence-electron chi connectivity index (χ0n) is 13.8. The van der Waals surface area contributed by atoms with Crippen molar-refractivity contribution in [2.24, 2.45) is 5.92 Å². The molecule has 24 heavy (non-hydrogen) atoms. The van der Waals surface area contributed by atoms with Gasteiger partial charge in [0, 0.05) is 25.0 Å². The maximum atomic E-state index is 13.5. The molecule has 4 nitrogen and oxygen atoms in total. The fourth-order valence-electron chi connectivity index (χ4n) is 3.73. The average molecular weight is 330 g/mol. The molecule has 1 heterocycles. The first kappa shape index (κ1) is 15.6. The van der Waals surface area contributed by atoms with Crippen molar-refractivity contribution in [2.45, 2.75) is 50.0 Å². The van der Waals surface area contributed by atoms with Crippen molar-refractivity contribution < 1.29 is 14.0 Å². The number of carbonyl (C=O) groups is 2. The summed E-state index contributed by atoms with van der Waals surface area (Å²) in [6, 6.07) is 6.81. The van der Waals surface area contributed by atoms with Gasteiger partial charge < -0.3 is 10.2 Å². The fourth-order valence-corrected chi connectivity index (χ4v) is 3.73. The fraction of sp³-hybridized carbons (Fsp3) is 0.579. The summed E-state index contributed by atoms with van der Waals surface area (Å²) in [5.74, 6) is -0.00832. The molecule has 2 aliphatic carbocycles. The first-order valence-corrected chi connectivity index (χ1v) is 8.94. The average Bonchev–Trinajstić information content (AvgIpc) is 3.49. The van der Waals surface area contributed by atoms with Crippen molar-refractivity contribution >= 4 is 11.8 Å². The number of nitrogens with one attached hydrogen (secondary N) is 1. The van der Waals surface area contributed by atoms with E-state index in [1.54, 1.807) is 6.07 Å². The quantitative estimate of drug-likeness (QED) is 0.921. The topological polar surface area (TPSA) is 49.4 Å². The van der Waals surface area contributed by atoms with Crippen LogP contribution in [0.3, 0.4) is 0 Å². The molecule has 5 heteroatoms. The molecule has 1 N–H and O–H groups in total. The summed E-state index contributed by atoms with van der Waals surface area (Å²) in [5.41, 5.74) is 0.270. The van der Waals surface area contributed by atoms with Gasteiger partial charge in [-0.15, -0.1) is 0 Å². The van der Waals surface area contributed by atoms with Gasteiger partial charge in [0.1, 0.15) is 5.82 Å². The summed E-state index contributed by atoms with van der Waals surface area (Å²) in [6.45, 7) is 1.25. The highest BCUT2D eigenvalue weighted by Crippen LogP contribution is 2.50. The summed E-state index contributed by atoms with van der Waals surface area (Å²) in [7, 11) is 0. The number of likely N-dealkylation sites (tertiary alicyclic amines) is 1. The molecular weight excluding hydrogens is 307 g/mol. The third-order valence-electron chi connectivity index (χ3n) is 5.61. The second-order valence-corrected chi connectivity index (χ2v) is 7.44. The molecule has 1 aliphatic heterocycles. The van der Waals surface area contributed by atoms with E-state index in [-0.39, 0.29) is 23.5 Å². The number of amides is 2. The molecule has 4 rings (SSSR count). The van der Waals surface area contributed by atoms with E-state index in [1.807, 2.05) is 11.0 Å². The predicted octanol–water partition coefficient (Wildman–Crippen LogP) is 2.37. The van der Waals surface area contributed by atoms with Gasteiger partial charge in [-0.25, -0.2) is 4.39 Å². The molecule has 2 amide bonds. The van der Waals surface area contributed by atoms with Crippen molar-refractivity contribution in [3.63, 3.8) is 0 Å². The predicted molar refractivity (Wildman–Crippen MR) is 87.8 cm³/mol. The molecule has 0 radical (unpaired) electrons. The lowest BCUT2D eigenvalue weighted by atomic mass is 9.91. The van der Waals surface area contributed by atoms with E-state index in [9.17, 15) is 14.0 Å². The Morgan fingerprint density at radius 3 is 2.42 bits per heavy atom. The molecule has 3 aliphatic rings. The van der Waals surface area contributed by atoms with Crippen LogP contribution in [0.2, 0.25) is 0 Å². The molecule has 0 unspecified atom stereocenters. The number of hydrogen-bond acceptors (Lipinski definition) is 2. The van der Waals surface area contributed by atoms with Crippen molar-refractivity contribution in [3.8, 4) is 0 Å². The highest BCUT2D eigenvalue weighted by Gasteiger charge is 2.53. The highest BCUT2D eigenvalue weighted by atomic mass is 19.1. The number of carbonyl (C=O) groups excluding carboxylic acids is 2. The van der Waals surface area contributed by atoms with Gasteiger partial charge in [-0.2, -0.15) is 0 Å². The number of benzene rings is 1. The maximum absolute atomic E-state index is 13.5. The molecule has 0 bridgehead atoms. The molecule has 1 aromatic carbocycles. The van der Waals surface area contributed by atoms with Crippen molar-refractivity contribution in [1.29, 1.82) is 0 Å². The zero-order valence-corrected chi connectivity index (χ0v) is 13.8. The molecule has 2 saturated carbocycles. The van der Waals surface area contributed by atoms with Gasteiger partial charge in [0.15, 0.2) is 0 Å². The Morgan fingerprint density at radius 1 is 1.12 bits per heavy atom. The SMILES string of the molecule is O=C(NC1CC1)C1CCN(C(=O)C2(c3cccc(F)c3)CC2)CC1. The largest absolute Gasteiger partial charge is 0.353 e. The Kier molecular flexibility index (Phi) is 3.82. The van der Waals surface area contributed by atoms with Crippen LogP contribution >= 0.6 is 0 Å². The van der Waals surface area contributed by atoms with Crippen LogP contribution < -0.4 is 5.32 Å². The second kappa shape index (κ2) is 5.87. The Hall–Kier alpha value is -1.91. The van der Waals surface area contributed by atoms with Crippen LogP contribution in [-0.2, 0) is 15.0 Å². The summed E-state index contributed by atoms with van der Waals surface area (Å²) in [4.78, 5) is 27.0. The van der Waals surface area contributed by atoms with Crippen LogP contribution in [0.25, 0.3) is 0 Å². The van der Waals surface area contributed by atoms with Crippen LogP contribution in [0.5, 0.6) is 0 Å². The molecule has 128 valence electrons. The number of hydrogen-bond donors (Lipinski definition) is 1. The molecule has 0 spiro atoms. The van der Waals surface area contributed by atoms with Gasteiger partial charge in [-0.05, 0) is 56.2 Å². The van der Waals surface area contributed by atoms with Gasteiger partial charge >= 0.3 is 0 Å². The van der Waals surface area contributed by atoms with Crippen molar-refractivity contribution in [1.82, 2.24) is 10.2 Å². The van der Waals surface area contributed by atoms with E-state index in [0.29, 0.717) is 19.1 Å². The van der Waals surface area contributed by atoms with Gasteiger partial charge in [0.25, 0.3) is 0 Å². The Balaban J connectivity index is 1.38. The van der Waals surface area contributed by atoms with Gasteiger partial charge in [0.2, 0.25) is 11.8 Å². The first-order chi connectivity index (χ1) is 11.6. The molecular formula is C19H23FN2O2. The lowest BCUT2D eigenvalue weighted by Gasteiger charge is -2.34. The maximum Gasteiger partial charge on any atom is 0.233 e. The molecule has 1 aromatic rings. The highest BCUT2D eigenvalue weighted by molar-refractivity contribution is 5.91. The minimum atomic E-state index is -0.523. The Bertz CT molecular complexity index is 659. The molecule has 0 atom stereocenters. The van der Waals surface area contributed by atoms with Crippen LogP contribution in [0.4, 0.5) is 4.39 Å². The molecule has 3 fully saturated rings. The monoisotopic (exact) mass is 330 g/mol. The lowest BCUT2D eigenvalue weighted by molar-refractivity contribution is -0.137. The first-order valence-electron chi connectivity index (χ1n) is 8.94. The summed E-state index contributed by atoms with van der Waals surface area (Å²) >= 11 is 0. The lowest BCUT2D eigenvalue weighted by Crippen LogP contribution is -2.46. The van der Waals surface area contributed by atoms with Crippen LogP contribution in [0.1, 0.15) is 44.1 Å². The van der Waals surface area contributed by atoms with E-state index >= 15 is 0 Å². The van der Waals surface area contributed by atoms with Crippen molar-refractivity contribution in [3.05, 3.63) is 35.6 Å². The van der Waals surface area contributed by atoms with E-state index in [2.05, 4.69) is 5.32 Å². The van der Waals surface area contributed by atoms with Crippen molar-refractivity contribution in [2.75, 3.05) is 13.1 Å². The normalized spacial score (nSPS) is 23.0. The number of piperidine rings is 1. The smallest absolute Gasteiger partial charge is 0.233 e. The van der Waals surface area contributed by atoms with Crippen LogP contribution in [-0.4, -0.2) is 35.8 Å². The van der Waals surface area contributed by atoms with E-state index in [0.717, 1.165) is 44.1 Å². The van der Waals surface area contributed by atoms with Gasteiger partial charge in [0.05, 0.1) is 5.41 Å². The van der Waals surface area contributed by atoms with Gasteiger partial charge in [-0.1, -0.05) is 12.1 Å². The minimum absolute atomic E-state index is 0.0268. The van der Waals surface area contributed by atoms with Crippen LogP contribution in [0.15, 0.2) is 24.3 Å². The molecule has 0 aromatic heterocycles. The summed E-state index contributed by atoms with van der Waals surface area (Å²) in [5, 5.41) is 3.06. The van der Waals surface area contributed by atoms with E-state index in [4.69, 9.17) is 0 Å². The minimum Gasteiger partial charge on any atom is -0.353 e. The Labute approximate surface area is 141 Å². The second-order valence-electron chi connectivity index (χ2n) is 7.44. The van der Waals surface area contributed by atoms with Gasteiger partial charge in [-0.3, -0.25) is 9.59 Å². The number of rotatable bonds is 4. The molecule has 1 saturated heterocycles. The standard InChI is InChI=1S/C19H23FN2O2/c20-15-3-1-2-14(12-15)19(8-9-19)18(24)22-10-6-13(7-11-22)17(23)21-16-4-5-16/h1-3,12-13,16H,4-11H2,(H,21,23).